The van der Waals surface area contributed by atoms with E-state index in [9.17, 15) is 0 Å². The molecule has 0 aliphatic heterocycles. The van der Waals surface area contributed by atoms with E-state index in [-0.39, 0.29) is 21.7 Å². The van der Waals surface area contributed by atoms with E-state index in [4.69, 9.17) is 9.47 Å². The van der Waals surface area contributed by atoms with Crippen LogP contribution >= 0.6 is 25.3 Å². The zero-order chi connectivity index (χ0) is 39.6. The Morgan fingerprint density at radius 2 is 0.630 bits per heavy atom. The number of fused-ring (bicyclic) bond motifs is 8. The molecule has 0 unspecified atom stereocenters. The first-order valence-electron chi connectivity index (χ1n) is 20.2. The molecule has 0 N–H and O–H groups in total. The van der Waals surface area contributed by atoms with Gasteiger partial charge in [-0.05, 0) is 113 Å². The molecule has 0 atom stereocenters. The number of benzene rings is 4. The molecule has 0 fully saturated rings. The van der Waals surface area contributed by atoms with Crippen molar-refractivity contribution in [1.29, 1.82) is 0 Å². The van der Waals surface area contributed by atoms with Gasteiger partial charge in [-0.25, -0.2) is 0 Å². The van der Waals surface area contributed by atoms with Crippen molar-refractivity contribution in [3.8, 4) is 11.5 Å². The Hall–Kier alpha value is -2.82. The summed E-state index contributed by atoms with van der Waals surface area (Å²) in [5, 5.41) is 0. The molecule has 0 heterocycles. The largest absolute Gasteiger partial charge is 0.493 e. The maximum absolute atomic E-state index is 6.83. The van der Waals surface area contributed by atoms with Crippen LogP contribution < -0.4 is 9.47 Å². The van der Waals surface area contributed by atoms with Gasteiger partial charge in [0.05, 0.1) is 13.2 Å². The van der Waals surface area contributed by atoms with Crippen molar-refractivity contribution in [2.24, 2.45) is 0 Å². The van der Waals surface area contributed by atoms with Crippen LogP contribution in [0.25, 0.3) is 0 Å². The molecular weight excluding hydrogens is 697 g/mol. The average molecular weight is 765 g/mol. The van der Waals surface area contributed by atoms with Crippen molar-refractivity contribution in [2.75, 3.05) is 24.7 Å². The van der Waals surface area contributed by atoms with Gasteiger partial charge in [-0.3, -0.25) is 0 Å². The number of thiol groups is 2. The van der Waals surface area contributed by atoms with Crippen LogP contribution in [-0.2, 0) is 47.3 Å². The molecular formula is C50H68O2S2. The van der Waals surface area contributed by atoms with E-state index in [0.717, 1.165) is 61.5 Å². The first-order chi connectivity index (χ1) is 25.1. The Labute approximate surface area is 340 Å². The SMILES string of the molecule is CC(C)(C)c1cc2cc(c1)Cc1cc(C(C)(C)C)cc(c1OCCCS)Cc1cc(cc(C(C)(C)C)c1)Cc1cc(C(C)(C)C)cc(c1OCCCS)C2. The summed E-state index contributed by atoms with van der Waals surface area (Å²) < 4.78 is 13.7. The van der Waals surface area contributed by atoms with E-state index in [0.29, 0.717) is 13.2 Å². The van der Waals surface area contributed by atoms with Gasteiger partial charge in [-0.2, -0.15) is 25.3 Å². The summed E-state index contributed by atoms with van der Waals surface area (Å²) in [6.45, 7) is 29.3. The van der Waals surface area contributed by atoms with Gasteiger partial charge >= 0.3 is 0 Å². The predicted molar refractivity (Wildman–Crippen MR) is 240 cm³/mol. The van der Waals surface area contributed by atoms with E-state index in [1.54, 1.807) is 0 Å². The number of ether oxygens (including phenoxy) is 2. The Morgan fingerprint density at radius 3 is 0.852 bits per heavy atom. The van der Waals surface area contributed by atoms with Crippen LogP contribution in [0.2, 0.25) is 0 Å². The van der Waals surface area contributed by atoms with E-state index >= 15 is 0 Å². The van der Waals surface area contributed by atoms with Gasteiger partial charge in [0.1, 0.15) is 11.5 Å². The van der Waals surface area contributed by atoms with Crippen LogP contribution in [0.3, 0.4) is 0 Å². The highest BCUT2D eigenvalue weighted by molar-refractivity contribution is 7.80. The van der Waals surface area contributed by atoms with Gasteiger partial charge in [0.2, 0.25) is 0 Å². The van der Waals surface area contributed by atoms with Crippen LogP contribution in [0, 0.1) is 0 Å². The molecule has 1 aliphatic carbocycles. The van der Waals surface area contributed by atoms with Crippen molar-refractivity contribution in [3.63, 3.8) is 0 Å². The molecule has 5 rings (SSSR count). The monoisotopic (exact) mass is 764 g/mol. The van der Waals surface area contributed by atoms with Crippen molar-refractivity contribution in [3.05, 3.63) is 127 Å². The van der Waals surface area contributed by atoms with Gasteiger partial charge in [-0.1, -0.05) is 144 Å². The zero-order valence-corrected chi connectivity index (χ0v) is 37.3. The Bertz CT molecular complexity index is 1690. The molecule has 0 aromatic heterocycles. The summed E-state index contributed by atoms with van der Waals surface area (Å²) in [4.78, 5) is 0. The molecule has 4 aromatic carbocycles. The second-order valence-electron chi connectivity index (χ2n) is 19.9. The van der Waals surface area contributed by atoms with Gasteiger partial charge in [-0.15, -0.1) is 0 Å². The Kier molecular flexibility index (Phi) is 13.1. The molecule has 1 aliphatic rings. The number of hydrogen-bond acceptors (Lipinski definition) is 4. The fraction of sp³-hybridized carbons (Fsp3) is 0.520. The van der Waals surface area contributed by atoms with Gasteiger partial charge < -0.3 is 9.47 Å². The summed E-state index contributed by atoms with van der Waals surface area (Å²) in [5.41, 5.74) is 15.7. The second kappa shape index (κ2) is 16.7. The molecule has 8 bridgehead atoms. The predicted octanol–water partition coefficient (Wildman–Crippen LogP) is 13.0. The van der Waals surface area contributed by atoms with E-state index in [2.05, 4.69) is 169 Å². The highest BCUT2D eigenvalue weighted by Gasteiger charge is 2.26. The number of hydrogen-bond donors (Lipinski definition) is 2. The first kappa shape index (κ1) is 42.3. The van der Waals surface area contributed by atoms with Gasteiger partial charge in [0.15, 0.2) is 0 Å². The minimum absolute atomic E-state index is 0.00623. The summed E-state index contributed by atoms with van der Waals surface area (Å²) >= 11 is 9.08. The van der Waals surface area contributed by atoms with Crippen LogP contribution in [0.15, 0.2) is 60.7 Å². The van der Waals surface area contributed by atoms with Crippen LogP contribution in [-0.4, -0.2) is 24.7 Å². The van der Waals surface area contributed by atoms with Crippen LogP contribution in [0.5, 0.6) is 11.5 Å². The second-order valence-corrected chi connectivity index (χ2v) is 20.8. The smallest absolute Gasteiger partial charge is 0.126 e. The minimum Gasteiger partial charge on any atom is -0.493 e. The van der Waals surface area contributed by atoms with Crippen molar-refractivity contribution in [2.45, 2.75) is 143 Å². The quantitative estimate of drug-likeness (QED) is 0.121. The molecule has 0 saturated heterocycles. The third-order valence-corrected chi connectivity index (χ3v) is 11.4. The topological polar surface area (TPSA) is 18.5 Å². The number of rotatable bonds is 8. The normalized spacial score (nSPS) is 13.9. The lowest BCUT2D eigenvalue weighted by molar-refractivity contribution is 0.312. The third-order valence-electron chi connectivity index (χ3n) is 10.7. The molecule has 2 nitrogen and oxygen atoms in total. The third kappa shape index (κ3) is 10.7. The Morgan fingerprint density at radius 1 is 0.389 bits per heavy atom. The lowest BCUT2D eigenvalue weighted by Gasteiger charge is -2.27. The summed E-state index contributed by atoms with van der Waals surface area (Å²) in [6.07, 6.45) is 5.02. The highest BCUT2D eigenvalue weighted by Crippen LogP contribution is 2.40. The molecule has 4 aromatic rings. The van der Waals surface area contributed by atoms with E-state index in [1.165, 1.54) is 66.8 Å². The van der Waals surface area contributed by atoms with E-state index in [1.807, 2.05) is 0 Å². The maximum atomic E-state index is 6.83. The minimum atomic E-state index is -0.0122. The fourth-order valence-corrected chi connectivity index (χ4v) is 7.69. The molecule has 0 amide bonds. The maximum Gasteiger partial charge on any atom is 0.126 e. The Balaban J connectivity index is 1.87. The lowest BCUT2D eigenvalue weighted by Crippen LogP contribution is -2.16. The molecule has 0 spiro atoms. The van der Waals surface area contributed by atoms with Crippen LogP contribution in [0.1, 0.15) is 163 Å². The highest BCUT2D eigenvalue weighted by atomic mass is 32.1. The van der Waals surface area contributed by atoms with Crippen molar-refractivity contribution in [1.82, 2.24) is 0 Å². The van der Waals surface area contributed by atoms with E-state index < -0.39 is 0 Å². The van der Waals surface area contributed by atoms with Gasteiger partial charge in [0.25, 0.3) is 0 Å². The van der Waals surface area contributed by atoms with Crippen molar-refractivity contribution >= 4 is 25.3 Å². The molecule has 54 heavy (non-hydrogen) atoms. The van der Waals surface area contributed by atoms with Gasteiger partial charge in [0, 0.05) is 25.7 Å². The summed E-state index contributed by atoms with van der Waals surface area (Å²) in [7, 11) is 0. The summed E-state index contributed by atoms with van der Waals surface area (Å²) in [5.74, 6) is 3.69. The standard InChI is InChI=1S/C50H68O2S2/c1-47(2,3)41-25-33-19-34(26-41)22-38-30-44(50(10,11)12)32-40(46(38)52-16-14-18-54)24-36-20-35(27-42(28-36)48(4,5)6)23-39-31-43(49(7,8)9)29-37(21-33)45(39)51-15-13-17-53/h19-20,25-32,53-54H,13-18,21-24H2,1-12H3. The summed E-state index contributed by atoms with van der Waals surface area (Å²) in [6, 6.07) is 24.3. The zero-order valence-electron chi connectivity index (χ0n) is 35.6. The van der Waals surface area contributed by atoms with Crippen molar-refractivity contribution < 1.29 is 9.47 Å². The molecule has 4 heteroatoms. The fourth-order valence-electron chi connectivity index (χ4n) is 7.43. The first-order valence-corrected chi connectivity index (χ1v) is 21.5. The average Bonchev–Trinajstić information content (AvgIpc) is 3.04. The molecule has 292 valence electrons. The molecule has 0 radical (unpaired) electrons. The molecule has 0 saturated carbocycles. The lowest BCUT2D eigenvalue weighted by atomic mass is 9.79. The van der Waals surface area contributed by atoms with Crippen LogP contribution in [0.4, 0.5) is 0 Å².